The van der Waals surface area contributed by atoms with Gasteiger partial charge in [0.05, 0.1) is 24.3 Å². The molecule has 0 fully saturated rings. The molecule has 2 aliphatic rings. The van der Waals surface area contributed by atoms with E-state index in [1.54, 1.807) is 54.6 Å². The molecule has 1 aromatic heterocycles. The van der Waals surface area contributed by atoms with Gasteiger partial charge in [0, 0.05) is 24.0 Å². The number of aromatic nitrogens is 2. The molecule has 0 saturated carbocycles. The lowest BCUT2D eigenvalue weighted by Crippen LogP contribution is -2.33. The molecule has 5 rings (SSSR count). The van der Waals surface area contributed by atoms with Crippen LogP contribution in [0.3, 0.4) is 0 Å². The lowest BCUT2D eigenvalue weighted by atomic mass is 9.70. The first-order valence-corrected chi connectivity index (χ1v) is 10.9. The molecular formula is C26H23F3N2O3. The number of ketones is 1. The van der Waals surface area contributed by atoms with Crippen LogP contribution in [0.2, 0.25) is 0 Å². The molecule has 1 aliphatic carbocycles. The van der Waals surface area contributed by atoms with Gasteiger partial charge in [-0.1, -0.05) is 50.2 Å². The molecule has 0 spiro atoms. The average molecular weight is 468 g/mol. The van der Waals surface area contributed by atoms with Crippen molar-refractivity contribution in [2.75, 3.05) is 7.11 Å². The Balaban J connectivity index is 1.85. The fraction of sp³-hybridized carbons (Fsp3) is 0.308. The van der Waals surface area contributed by atoms with Crippen molar-refractivity contribution in [3.8, 4) is 17.3 Å². The molecule has 2 heterocycles. The molecule has 3 aromatic rings. The number of carbonyl (C=O) groups excluding carboxylic acids is 1. The van der Waals surface area contributed by atoms with Crippen LogP contribution in [0.25, 0.3) is 5.69 Å². The average Bonchev–Trinajstić information content (AvgIpc) is 3.17. The Hall–Kier alpha value is -3.55. The maximum Gasteiger partial charge on any atom is 0.435 e. The number of Topliss-reactive ketones (excluding diaryl/α,β-unsaturated/α-hetero) is 1. The van der Waals surface area contributed by atoms with Gasteiger partial charge in [-0.3, -0.25) is 4.79 Å². The first-order chi connectivity index (χ1) is 16.1. The highest BCUT2D eigenvalue weighted by Crippen LogP contribution is 2.54. The second-order valence-corrected chi connectivity index (χ2v) is 9.37. The zero-order chi connectivity index (χ0) is 24.3. The quantitative estimate of drug-likeness (QED) is 0.468. The van der Waals surface area contributed by atoms with Crippen molar-refractivity contribution in [3.05, 3.63) is 82.8 Å². The second-order valence-electron chi connectivity index (χ2n) is 9.37. The third-order valence-electron chi connectivity index (χ3n) is 6.27. The molecule has 1 aliphatic heterocycles. The van der Waals surface area contributed by atoms with Gasteiger partial charge in [-0.2, -0.15) is 23.0 Å². The first-order valence-electron chi connectivity index (χ1n) is 10.9. The van der Waals surface area contributed by atoms with Crippen molar-refractivity contribution >= 4 is 5.78 Å². The Bertz CT molecular complexity index is 1310. The third-order valence-corrected chi connectivity index (χ3v) is 6.27. The summed E-state index contributed by atoms with van der Waals surface area (Å²) < 4.78 is 55.9. The van der Waals surface area contributed by atoms with Crippen LogP contribution >= 0.6 is 0 Å². The normalized spacial score (nSPS) is 19.4. The van der Waals surface area contributed by atoms with Crippen LogP contribution < -0.4 is 9.47 Å². The van der Waals surface area contributed by atoms with Crippen LogP contribution in [0.15, 0.2) is 65.9 Å². The van der Waals surface area contributed by atoms with Gasteiger partial charge in [0.1, 0.15) is 11.5 Å². The zero-order valence-corrected chi connectivity index (χ0v) is 18.9. The SMILES string of the molecule is COc1ccccc1C1C2=C(CC(C)(C)CC2=O)Oc2c1c(C(F)(F)F)nn2-c1ccccc1. The molecule has 5 nitrogen and oxygen atoms in total. The van der Waals surface area contributed by atoms with Crippen LogP contribution in [-0.2, 0) is 11.0 Å². The highest BCUT2D eigenvalue weighted by atomic mass is 19.4. The first kappa shape index (κ1) is 22.3. The number of fused-ring (bicyclic) bond motifs is 1. The van der Waals surface area contributed by atoms with Gasteiger partial charge in [-0.05, 0) is 23.6 Å². The van der Waals surface area contributed by atoms with E-state index in [1.165, 1.54) is 11.8 Å². The molecule has 0 saturated heterocycles. The number of halogens is 3. The van der Waals surface area contributed by atoms with E-state index in [0.717, 1.165) is 0 Å². The lowest BCUT2D eigenvalue weighted by molar-refractivity contribution is -0.142. The summed E-state index contributed by atoms with van der Waals surface area (Å²) in [5, 5.41) is 3.97. The fourth-order valence-electron chi connectivity index (χ4n) is 4.89. The van der Waals surface area contributed by atoms with Crippen molar-refractivity contribution < 1.29 is 27.4 Å². The van der Waals surface area contributed by atoms with E-state index in [-0.39, 0.29) is 34.6 Å². The third kappa shape index (κ3) is 3.57. The minimum absolute atomic E-state index is 0.0290. The van der Waals surface area contributed by atoms with E-state index in [2.05, 4.69) is 5.10 Å². The Morgan fingerprint density at radius 2 is 1.74 bits per heavy atom. The summed E-state index contributed by atoms with van der Waals surface area (Å²) in [6.45, 7) is 3.89. The molecule has 1 unspecified atom stereocenters. The molecule has 0 radical (unpaired) electrons. The summed E-state index contributed by atoms with van der Waals surface area (Å²) in [4.78, 5) is 13.4. The monoisotopic (exact) mass is 468 g/mol. The standard InChI is InChI=1S/C26H23F3N2O3/c1-25(2)13-17(32)21-19(14-25)34-24-22(20(21)16-11-7-8-12-18(16)33-3)23(26(27,28)29)30-31(24)15-9-5-4-6-10-15/h4-12,20H,13-14H2,1-3H3. The van der Waals surface area contributed by atoms with Crippen molar-refractivity contribution in [2.24, 2.45) is 5.41 Å². The number of rotatable bonds is 3. The van der Waals surface area contributed by atoms with E-state index in [1.807, 2.05) is 13.8 Å². The van der Waals surface area contributed by atoms with Crippen LogP contribution in [0.5, 0.6) is 11.6 Å². The van der Waals surface area contributed by atoms with Gasteiger partial charge in [0.15, 0.2) is 11.5 Å². The Morgan fingerprint density at radius 1 is 1.06 bits per heavy atom. The van der Waals surface area contributed by atoms with E-state index >= 15 is 0 Å². The van der Waals surface area contributed by atoms with Crippen molar-refractivity contribution in [2.45, 2.75) is 38.8 Å². The predicted molar refractivity (Wildman–Crippen MR) is 119 cm³/mol. The van der Waals surface area contributed by atoms with Crippen LogP contribution in [0.4, 0.5) is 13.2 Å². The predicted octanol–water partition coefficient (Wildman–Crippen LogP) is 6.07. The topological polar surface area (TPSA) is 53.4 Å². The van der Waals surface area contributed by atoms with Crippen molar-refractivity contribution in [1.29, 1.82) is 0 Å². The van der Waals surface area contributed by atoms with E-state index in [0.29, 0.717) is 29.2 Å². The zero-order valence-electron chi connectivity index (χ0n) is 18.9. The van der Waals surface area contributed by atoms with Crippen LogP contribution in [0.1, 0.15) is 49.4 Å². The molecular weight excluding hydrogens is 445 g/mol. The fourth-order valence-corrected chi connectivity index (χ4v) is 4.89. The summed E-state index contributed by atoms with van der Waals surface area (Å²) >= 11 is 0. The Kier molecular flexibility index (Phi) is 5.07. The minimum atomic E-state index is -4.76. The van der Waals surface area contributed by atoms with Gasteiger partial charge in [0.25, 0.3) is 0 Å². The highest BCUT2D eigenvalue weighted by Gasteiger charge is 2.50. The van der Waals surface area contributed by atoms with E-state index in [9.17, 15) is 18.0 Å². The summed E-state index contributed by atoms with van der Waals surface area (Å²) in [5.41, 5.74) is -0.497. The van der Waals surface area contributed by atoms with Gasteiger partial charge in [-0.15, -0.1) is 0 Å². The molecule has 176 valence electrons. The number of alkyl halides is 3. The minimum Gasteiger partial charge on any atom is -0.496 e. The van der Waals surface area contributed by atoms with Crippen LogP contribution in [-0.4, -0.2) is 22.7 Å². The number of allylic oxidation sites excluding steroid dienone is 2. The number of ether oxygens (including phenoxy) is 2. The van der Waals surface area contributed by atoms with E-state index < -0.39 is 17.8 Å². The van der Waals surface area contributed by atoms with Crippen LogP contribution in [0, 0.1) is 5.41 Å². The largest absolute Gasteiger partial charge is 0.496 e. The number of methoxy groups -OCH3 is 1. The molecule has 0 N–H and O–H groups in total. The molecule has 8 heteroatoms. The number of para-hydroxylation sites is 2. The van der Waals surface area contributed by atoms with Crippen molar-refractivity contribution in [3.63, 3.8) is 0 Å². The van der Waals surface area contributed by atoms with Gasteiger partial charge in [0.2, 0.25) is 5.88 Å². The number of benzene rings is 2. The number of nitrogens with zero attached hydrogens (tertiary/aromatic N) is 2. The highest BCUT2D eigenvalue weighted by molar-refractivity contribution is 6.00. The Morgan fingerprint density at radius 3 is 2.41 bits per heavy atom. The smallest absolute Gasteiger partial charge is 0.435 e. The second kappa shape index (κ2) is 7.75. The molecule has 34 heavy (non-hydrogen) atoms. The summed E-state index contributed by atoms with van der Waals surface area (Å²) in [6, 6.07) is 15.4. The summed E-state index contributed by atoms with van der Waals surface area (Å²) in [5.74, 6) is -0.499. The summed E-state index contributed by atoms with van der Waals surface area (Å²) in [7, 11) is 1.46. The molecule has 1 atom stereocenters. The molecule has 0 amide bonds. The van der Waals surface area contributed by atoms with Gasteiger partial charge in [-0.25, -0.2) is 0 Å². The lowest BCUT2D eigenvalue weighted by Gasteiger charge is -2.37. The van der Waals surface area contributed by atoms with Crippen molar-refractivity contribution in [1.82, 2.24) is 9.78 Å². The maximum atomic E-state index is 14.4. The summed E-state index contributed by atoms with van der Waals surface area (Å²) in [6.07, 6.45) is -4.13. The molecule has 0 bridgehead atoms. The van der Waals surface area contributed by atoms with Gasteiger partial charge < -0.3 is 9.47 Å². The Labute approximate surface area is 194 Å². The van der Waals surface area contributed by atoms with Gasteiger partial charge >= 0.3 is 6.18 Å². The maximum absolute atomic E-state index is 14.4. The molecule has 2 aromatic carbocycles. The number of hydrogen-bond acceptors (Lipinski definition) is 4. The number of carbonyl (C=O) groups is 1. The van der Waals surface area contributed by atoms with E-state index in [4.69, 9.17) is 9.47 Å². The number of hydrogen-bond donors (Lipinski definition) is 0.